The van der Waals surface area contributed by atoms with Crippen LogP contribution in [0.15, 0.2) is 22.7 Å². The number of nitrogens with two attached hydrogens (primary N) is 1. The molecule has 1 atom stereocenters. The molecule has 0 saturated heterocycles. The normalized spacial score (nSPS) is 14.1. The van der Waals surface area contributed by atoms with Crippen LogP contribution in [0.4, 0.5) is 17.6 Å². The highest BCUT2D eigenvalue weighted by Gasteiger charge is 2.37. The monoisotopic (exact) mass is 271 g/mol. The second-order valence-corrected chi connectivity index (χ2v) is 3.55. The highest BCUT2D eigenvalue weighted by molar-refractivity contribution is 9.10. The van der Waals surface area contributed by atoms with Crippen LogP contribution in [0.2, 0.25) is 0 Å². The maximum Gasteiger partial charge on any atom is 0.407 e. The first kappa shape index (κ1) is 11.5. The third kappa shape index (κ3) is 2.45. The summed E-state index contributed by atoms with van der Waals surface area (Å²) in [5.74, 6) is -0.762. The molecule has 0 aliphatic heterocycles. The Morgan fingerprint density at radius 3 is 2.29 bits per heavy atom. The largest absolute Gasteiger partial charge is 0.407 e. The average molecular weight is 272 g/mol. The van der Waals surface area contributed by atoms with Crippen LogP contribution in [-0.4, -0.2) is 6.18 Å². The Bertz CT molecular complexity index is 337. The van der Waals surface area contributed by atoms with E-state index in [9.17, 15) is 17.6 Å². The maximum absolute atomic E-state index is 12.9. The lowest BCUT2D eigenvalue weighted by Gasteiger charge is -2.15. The lowest BCUT2D eigenvalue weighted by molar-refractivity contribution is -0.149. The van der Waals surface area contributed by atoms with Crippen LogP contribution in [0.25, 0.3) is 0 Å². The molecule has 0 aromatic heterocycles. The molecule has 0 aliphatic rings. The van der Waals surface area contributed by atoms with E-state index in [1.54, 1.807) is 0 Å². The first-order chi connectivity index (χ1) is 6.32. The molecule has 1 nitrogen and oxygen atoms in total. The summed E-state index contributed by atoms with van der Waals surface area (Å²) in [5, 5.41) is 0. The first-order valence-electron chi connectivity index (χ1n) is 3.59. The van der Waals surface area contributed by atoms with Crippen LogP contribution in [0.5, 0.6) is 0 Å². The Kier molecular flexibility index (Phi) is 3.16. The van der Waals surface area contributed by atoms with Gasteiger partial charge in [0.25, 0.3) is 0 Å². The summed E-state index contributed by atoms with van der Waals surface area (Å²) < 4.78 is 49.3. The quantitative estimate of drug-likeness (QED) is 0.781. The second-order valence-electron chi connectivity index (χ2n) is 2.69. The van der Waals surface area contributed by atoms with Crippen LogP contribution >= 0.6 is 15.9 Å². The van der Waals surface area contributed by atoms with Gasteiger partial charge in [0.15, 0.2) is 0 Å². The fourth-order valence-electron chi connectivity index (χ4n) is 0.895. The lowest BCUT2D eigenvalue weighted by Crippen LogP contribution is -2.28. The summed E-state index contributed by atoms with van der Waals surface area (Å²) in [6, 6.07) is 0.939. The minimum absolute atomic E-state index is 0.107. The molecular weight excluding hydrogens is 266 g/mol. The Morgan fingerprint density at radius 1 is 1.29 bits per heavy atom. The van der Waals surface area contributed by atoms with Crippen molar-refractivity contribution in [3.8, 4) is 0 Å². The zero-order valence-corrected chi connectivity index (χ0v) is 8.36. The van der Waals surface area contributed by atoms with Crippen LogP contribution in [0.1, 0.15) is 11.6 Å². The summed E-state index contributed by atoms with van der Waals surface area (Å²) in [6.45, 7) is 0. The van der Waals surface area contributed by atoms with Crippen molar-refractivity contribution < 1.29 is 17.6 Å². The van der Waals surface area contributed by atoms with Crippen molar-refractivity contribution in [2.24, 2.45) is 5.73 Å². The minimum Gasteiger partial charge on any atom is -0.316 e. The third-order valence-corrected chi connectivity index (χ3v) is 2.30. The van der Waals surface area contributed by atoms with Gasteiger partial charge in [-0.2, -0.15) is 13.2 Å². The predicted molar refractivity (Wildman–Crippen MR) is 47.1 cm³/mol. The Balaban J connectivity index is 3.03. The summed E-state index contributed by atoms with van der Waals surface area (Å²) >= 11 is 2.83. The number of hydrogen-bond donors (Lipinski definition) is 1. The summed E-state index contributed by atoms with van der Waals surface area (Å²) in [5.41, 5.74) is 4.59. The van der Waals surface area contributed by atoms with Crippen molar-refractivity contribution in [3.63, 3.8) is 0 Å². The molecule has 6 heteroatoms. The van der Waals surface area contributed by atoms with Gasteiger partial charge in [-0.1, -0.05) is 6.07 Å². The molecular formula is C8H6BrF4N. The van der Waals surface area contributed by atoms with Gasteiger partial charge < -0.3 is 5.73 Å². The van der Waals surface area contributed by atoms with E-state index in [1.165, 1.54) is 6.07 Å². The number of hydrogen-bond acceptors (Lipinski definition) is 1. The molecule has 1 aromatic carbocycles. The highest BCUT2D eigenvalue weighted by atomic mass is 79.9. The van der Waals surface area contributed by atoms with E-state index < -0.39 is 18.0 Å². The number of alkyl halides is 3. The van der Waals surface area contributed by atoms with Gasteiger partial charge in [0.05, 0.1) is 4.47 Å². The Morgan fingerprint density at radius 2 is 1.86 bits per heavy atom. The number of benzene rings is 1. The molecule has 0 radical (unpaired) electrons. The molecule has 1 rings (SSSR count). The van der Waals surface area contributed by atoms with Crippen molar-refractivity contribution >= 4 is 15.9 Å². The van der Waals surface area contributed by atoms with E-state index >= 15 is 0 Å². The molecule has 2 N–H and O–H groups in total. The van der Waals surface area contributed by atoms with Crippen molar-refractivity contribution in [1.82, 2.24) is 0 Å². The molecule has 1 aromatic rings. The standard InChI is InChI=1S/C8H6BrF4N/c9-5-2-1-4(3-6(5)10)7(14)8(11,12)13/h1-3,7H,14H2/t7-/m0/s1. The van der Waals surface area contributed by atoms with Gasteiger partial charge in [-0.05, 0) is 33.6 Å². The molecule has 0 fully saturated rings. The summed E-state index contributed by atoms with van der Waals surface area (Å²) in [7, 11) is 0. The van der Waals surface area contributed by atoms with Gasteiger partial charge in [-0.25, -0.2) is 4.39 Å². The van der Waals surface area contributed by atoms with Gasteiger partial charge in [0.1, 0.15) is 11.9 Å². The highest BCUT2D eigenvalue weighted by Crippen LogP contribution is 2.31. The molecule has 0 unspecified atom stereocenters. The lowest BCUT2D eigenvalue weighted by atomic mass is 10.1. The van der Waals surface area contributed by atoms with Gasteiger partial charge in [-0.15, -0.1) is 0 Å². The van der Waals surface area contributed by atoms with Crippen molar-refractivity contribution in [3.05, 3.63) is 34.1 Å². The van der Waals surface area contributed by atoms with E-state index in [0.717, 1.165) is 12.1 Å². The molecule has 0 aliphatic carbocycles. The van der Waals surface area contributed by atoms with Gasteiger partial charge >= 0.3 is 6.18 Å². The van der Waals surface area contributed by atoms with Gasteiger partial charge in [-0.3, -0.25) is 0 Å². The van der Waals surface area contributed by atoms with E-state index in [-0.39, 0.29) is 10.0 Å². The SMILES string of the molecule is N[C@@H](c1ccc(Br)c(F)c1)C(F)(F)F. The molecule has 0 spiro atoms. The van der Waals surface area contributed by atoms with Gasteiger partial charge in [0, 0.05) is 0 Å². The van der Waals surface area contributed by atoms with Crippen LogP contribution in [0.3, 0.4) is 0 Å². The molecule has 0 amide bonds. The Hall–Kier alpha value is -0.620. The van der Waals surface area contributed by atoms with Crippen LogP contribution < -0.4 is 5.73 Å². The fraction of sp³-hybridized carbons (Fsp3) is 0.250. The van der Waals surface area contributed by atoms with E-state index in [4.69, 9.17) is 5.73 Å². The zero-order valence-electron chi connectivity index (χ0n) is 6.78. The average Bonchev–Trinajstić information content (AvgIpc) is 2.07. The maximum atomic E-state index is 12.9. The van der Waals surface area contributed by atoms with Crippen molar-refractivity contribution in [2.45, 2.75) is 12.2 Å². The molecule has 0 saturated carbocycles. The number of rotatable bonds is 1. The summed E-state index contributed by atoms with van der Waals surface area (Å²) in [6.07, 6.45) is -4.56. The second kappa shape index (κ2) is 3.86. The molecule has 78 valence electrons. The van der Waals surface area contributed by atoms with E-state index in [1.807, 2.05) is 0 Å². The van der Waals surface area contributed by atoms with Crippen molar-refractivity contribution in [1.29, 1.82) is 0 Å². The number of halogens is 5. The van der Waals surface area contributed by atoms with E-state index in [2.05, 4.69) is 15.9 Å². The Labute approximate surface area is 86.0 Å². The minimum atomic E-state index is -4.56. The third-order valence-electron chi connectivity index (χ3n) is 1.66. The molecule has 14 heavy (non-hydrogen) atoms. The fourth-order valence-corrected chi connectivity index (χ4v) is 1.14. The molecule has 0 bridgehead atoms. The summed E-state index contributed by atoms with van der Waals surface area (Å²) in [4.78, 5) is 0. The van der Waals surface area contributed by atoms with E-state index in [0.29, 0.717) is 0 Å². The topological polar surface area (TPSA) is 26.0 Å². The zero-order chi connectivity index (χ0) is 10.9. The van der Waals surface area contributed by atoms with Crippen LogP contribution in [-0.2, 0) is 0 Å². The molecule has 0 heterocycles. The predicted octanol–water partition coefficient (Wildman–Crippen LogP) is 3.15. The first-order valence-corrected chi connectivity index (χ1v) is 4.39. The van der Waals surface area contributed by atoms with Crippen LogP contribution in [0, 0.1) is 5.82 Å². The van der Waals surface area contributed by atoms with Crippen molar-refractivity contribution in [2.75, 3.05) is 0 Å². The van der Waals surface area contributed by atoms with Gasteiger partial charge in [0.2, 0.25) is 0 Å². The smallest absolute Gasteiger partial charge is 0.316 e.